The van der Waals surface area contributed by atoms with Crippen LogP contribution in [0.25, 0.3) is 0 Å². The lowest BCUT2D eigenvalue weighted by atomic mass is 10.0. The Hall–Kier alpha value is -1.19. The van der Waals surface area contributed by atoms with E-state index in [2.05, 4.69) is 36.2 Å². The van der Waals surface area contributed by atoms with Gasteiger partial charge in [0.05, 0.1) is 6.54 Å². The van der Waals surface area contributed by atoms with Crippen LogP contribution in [0.2, 0.25) is 0 Å². The van der Waals surface area contributed by atoms with Crippen molar-refractivity contribution in [3.8, 4) is 0 Å². The van der Waals surface area contributed by atoms with Crippen LogP contribution in [0.5, 0.6) is 0 Å². The summed E-state index contributed by atoms with van der Waals surface area (Å²) in [6.07, 6.45) is 2.20. The van der Waals surface area contributed by atoms with Gasteiger partial charge in [0.15, 0.2) is 5.78 Å². The summed E-state index contributed by atoms with van der Waals surface area (Å²) in [7, 11) is 0. The zero-order valence-corrected chi connectivity index (χ0v) is 12.7. The lowest BCUT2D eigenvalue weighted by Gasteiger charge is -2.18. The number of hydrogen-bond acceptors (Lipinski definition) is 3. The number of carbonyl (C=O) groups is 1. The molecule has 3 nitrogen and oxygen atoms in total. The Morgan fingerprint density at radius 2 is 1.95 bits per heavy atom. The minimum atomic E-state index is 0.239. The summed E-state index contributed by atoms with van der Waals surface area (Å²) in [5, 5.41) is 3.36. The van der Waals surface area contributed by atoms with Crippen molar-refractivity contribution in [2.24, 2.45) is 5.92 Å². The molecular formula is C17H26N2O. The number of carbonyl (C=O) groups excluding carboxylic acids is 1. The molecule has 1 aromatic carbocycles. The van der Waals surface area contributed by atoms with E-state index >= 15 is 0 Å². The van der Waals surface area contributed by atoms with Gasteiger partial charge >= 0.3 is 0 Å². The van der Waals surface area contributed by atoms with E-state index in [0.29, 0.717) is 12.5 Å². The topological polar surface area (TPSA) is 32.3 Å². The van der Waals surface area contributed by atoms with Gasteiger partial charge in [-0.25, -0.2) is 0 Å². The molecule has 0 saturated carbocycles. The number of rotatable bonds is 5. The van der Waals surface area contributed by atoms with E-state index in [1.807, 2.05) is 12.1 Å². The summed E-state index contributed by atoms with van der Waals surface area (Å²) in [6.45, 7) is 9.01. The molecule has 0 spiro atoms. The lowest BCUT2D eigenvalue weighted by molar-refractivity contribution is 0.0935. The molecule has 1 aliphatic heterocycles. The number of Topliss-reactive ketones (excluding diaryl/α,β-unsaturated/α-hetero) is 1. The highest BCUT2D eigenvalue weighted by molar-refractivity contribution is 5.97. The van der Waals surface area contributed by atoms with Crippen molar-refractivity contribution < 1.29 is 4.79 Å². The molecule has 1 saturated heterocycles. The Morgan fingerprint density at radius 1 is 1.20 bits per heavy atom. The highest BCUT2D eigenvalue weighted by Gasteiger charge is 2.14. The summed E-state index contributed by atoms with van der Waals surface area (Å²) in [4.78, 5) is 14.6. The van der Waals surface area contributed by atoms with Gasteiger partial charge in [-0.15, -0.1) is 0 Å². The van der Waals surface area contributed by atoms with Crippen LogP contribution in [0.4, 0.5) is 0 Å². The van der Waals surface area contributed by atoms with E-state index in [9.17, 15) is 4.79 Å². The Morgan fingerprint density at radius 3 is 2.65 bits per heavy atom. The predicted octanol–water partition coefficient (Wildman–Crippen LogP) is 2.36. The van der Waals surface area contributed by atoms with Gasteiger partial charge in [-0.2, -0.15) is 0 Å². The fourth-order valence-corrected chi connectivity index (χ4v) is 2.65. The van der Waals surface area contributed by atoms with Gasteiger partial charge in [-0.1, -0.05) is 38.1 Å². The number of hydrogen-bond donors (Lipinski definition) is 1. The van der Waals surface area contributed by atoms with Gasteiger partial charge in [0, 0.05) is 18.7 Å². The number of ketones is 1. The zero-order valence-electron chi connectivity index (χ0n) is 12.7. The Balaban J connectivity index is 1.91. The van der Waals surface area contributed by atoms with E-state index in [1.165, 1.54) is 5.56 Å². The van der Waals surface area contributed by atoms with Crippen LogP contribution < -0.4 is 5.32 Å². The molecule has 1 N–H and O–H groups in total. The van der Waals surface area contributed by atoms with E-state index in [0.717, 1.165) is 44.6 Å². The number of nitrogens with zero attached hydrogens (tertiary/aromatic N) is 1. The van der Waals surface area contributed by atoms with Gasteiger partial charge in [0.2, 0.25) is 0 Å². The average Bonchev–Trinajstić information content (AvgIpc) is 2.67. The predicted molar refractivity (Wildman–Crippen MR) is 83.2 cm³/mol. The monoisotopic (exact) mass is 274 g/mol. The van der Waals surface area contributed by atoms with E-state index in [-0.39, 0.29) is 5.78 Å². The summed E-state index contributed by atoms with van der Waals surface area (Å²) < 4.78 is 0. The van der Waals surface area contributed by atoms with Crippen molar-refractivity contribution in [2.45, 2.75) is 26.7 Å². The average molecular weight is 274 g/mol. The molecule has 3 heteroatoms. The molecule has 0 amide bonds. The second-order valence-corrected chi connectivity index (χ2v) is 6.10. The molecule has 0 unspecified atom stereocenters. The highest BCUT2D eigenvalue weighted by Crippen LogP contribution is 2.11. The minimum absolute atomic E-state index is 0.239. The first-order chi connectivity index (χ1) is 9.65. The van der Waals surface area contributed by atoms with Gasteiger partial charge < -0.3 is 5.32 Å². The number of nitrogens with one attached hydrogen (secondary N) is 1. The van der Waals surface area contributed by atoms with E-state index in [1.54, 1.807) is 0 Å². The largest absolute Gasteiger partial charge is 0.315 e. The van der Waals surface area contributed by atoms with Crippen LogP contribution in [0, 0.1) is 5.92 Å². The van der Waals surface area contributed by atoms with Crippen LogP contribution >= 0.6 is 0 Å². The molecule has 1 aromatic rings. The molecule has 1 heterocycles. The lowest BCUT2D eigenvalue weighted by Crippen LogP contribution is -2.33. The van der Waals surface area contributed by atoms with Crippen molar-refractivity contribution in [1.29, 1.82) is 0 Å². The maximum absolute atomic E-state index is 12.3. The zero-order chi connectivity index (χ0) is 14.4. The Bertz CT molecular complexity index is 417. The van der Waals surface area contributed by atoms with Crippen molar-refractivity contribution in [3.05, 3.63) is 35.4 Å². The summed E-state index contributed by atoms with van der Waals surface area (Å²) >= 11 is 0. The summed E-state index contributed by atoms with van der Waals surface area (Å²) in [5.74, 6) is 0.893. The second kappa shape index (κ2) is 7.55. The molecular weight excluding hydrogens is 248 g/mol. The minimum Gasteiger partial charge on any atom is -0.315 e. The van der Waals surface area contributed by atoms with Crippen LogP contribution in [-0.2, 0) is 6.42 Å². The molecule has 1 aliphatic rings. The fraction of sp³-hybridized carbons (Fsp3) is 0.588. The first kappa shape index (κ1) is 15.2. The molecule has 0 radical (unpaired) electrons. The SMILES string of the molecule is CC(C)Cc1ccc(C(=O)CN2CCCNCC2)cc1. The molecule has 0 bridgehead atoms. The molecule has 1 fully saturated rings. The summed E-state index contributed by atoms with van der Waals surface area (Å²) in [6, 6.07) is 8.15. The maximum atomic E-state index is 12.3. The van der Waals surface area contributed by atoms with Crippen LogP contribution in [-0.4, -0.2) is 43.4 Å². The third-order valence-electron chi connectivity index (χ3n) is 3.72. The van der Waals surface area contributed by atoms with Gasteiger partial charge in [-0.3, -0.25) is 9.69 Å². The van der Waals surface area contributed by atoms with Crippen molar-refractivity contribution in [3.63, 3.8) is 0 Å². The second-order valence-electron chi connectivity index (χ2n) is 6.10. The third kappa shape index (κ3) is 4.73. The van der Waals surface area contributed by atoms with Crippen LogP contribution in [0.15, 0.2) is 24.3 Å². The van der Waals surface area contributed by atoms with Gasteiger partial charge in [0.25, 0.3) is 0 Å². The molecule has 0 aliphatic carbocycles. The third-order valence-corrected chi connectivity index (χ3v) is 3.72. The highest BCUT2D eigenvalue weighted by atomic mass is 16.1. The Kier molecular flexibility index (Phi) is 5.74. The van der Waals surface area contributed by atoms with E-state index in [4.69, 9.17) is 0 Å². The Labute approximate surface area is 122 Å². The standard InChI is InChI=1S/C17H26N2O/c1-14(2)12-15-4-6-16(7-5-15)17(20)13-19-10-3-8-18-9-11-19/h4-7,14,18H,3,8-13H2,1-2H3. The molecule has 110 valence electrons. The van der Waals surface area contributed by atoms with Crippen molar-refractivity contribution in [1.82, 2.24) is 10.2 Å². The molecule has 2 rings (SSSR count). The van der Waals surface area contributed by atoms with Gasteiger partial charge in [0.1, 0.15) is 0 Å². The first-order valence-corrected chi connectivity index (χ1v) is 7.70. The molecule has 0 atom stereocenters. The van der Waals surface area contributed by atoms with Gasteiger partial charge in [-0.05, 0) is 37.4 Å². The first-order valence-electron chi connectivity index (χ1n) is 7.70. The fourth-order valence-electron chi connectivity index (χ4n) is 2.65. The van der Waals surface area contributed by atoms with Crippen molar-refractivity contribution >= 4 is 5.78 Å². The smallest absolute Gasteiger partial charge is 0.176 e. The maximum Gasteiger partial charge on any atom is 0.176 e. The summed E-state index contributed by atoms with van der Waals surface area (Å²) in [5.41, 5.74) is 2.16. The molecule has 0 aromatic heterocycles. The van der Waals surface area contributed by atoms with Crippen LogP contribution in [0.3, 0.4) is 0 Å². The molecule has 20 heavy (non-hydrogen) atoms. The van der Waals surface area contributed by atoms with Crippen molar-refractivity contribution in [2.75, 3.05) is 32.7 Å². The van der Waals surface area contributed by atoms with Crippen LogP contribution in [0.1, 0.15) is 36.2 Å². The van der Waals surface area contributed by atoms with E-state index < -0.39 is 0 Å². The normalized spacial score (nSPS) is 17.1. The number of benzene rings is 1. The quantitative estimate of drug-likeness (QED) is 0.837.